The van der Waals surface area contributed by atoms with Gasteiger partial charge in [0.25, 0.3) is 5.79 Å². The van der Waals surface area contributed by atoms with Gasteiger partial charge in [0, 0.05) is 18.3 Å². The monoisotopic (exact) mass is 350 g/mol. The van der Waals surface area contributed by atoms with Crippen LogP contribution in [0.1, 0.15) is 13.3 Å². The van der Waals surface area contributed by atoms with Crippen LogP contribution < -0.4 is 5.32 Å². The maximum Gasteiger partial charge on any atom is 0.364 e. The van der Waals surface area contributed by atoms with E-state index < -0.39 is 60.8 Å². The maximum atomic E-state index is 11.4. The average Bonchev–Trinajstić information content (AvgIpc) is 2.49. The molecule has 0 aliphatic carbocycles. The normalized spacial score (nSPS) is 35.4. The lowest BCUT2D eigenvalue weighted by Gasteiger charge is -2.50. The molecule has 1 saturated heterocycles. The molecule has 1 aliphatic heterocycles. The number of carboxylic acids is 1. The van der Waals surface area contributed by atoms with Crippen molar-refractivity contribution in [2.75, 3.05) is 6.61 Å². The molecule has 1 aliphatic rings. The SMILES string of the molecule is CC(=O)N[C@]1(N=[N+]=[N-])[C@@H](O)C[C@@](O)(C(=O)O)O[C@H]1[C@H](O)[C@H](O)CO. The lowest BCUT2D eigenvalue weighted by Crippen LogP contribution is -2.74. The molecular formula is C11H18N4O9. The maximum absolute atomic E-state index is 11.4. The number of aliphatic hydroxyl groups excluding tert-OH is 4. The van der Waals surface area contributed by atoms with E-state index in [0.717, 1.165) is 6.92 Å². The molecule has 0 aromatic heterocycles. The molecule has 1 heterocycles. The van der Waals surface area contributed by atoms with E-state index in [2.05, 4.69) is 10.0 Å². The lowest BCUT2D eigenvalue weighted by atomic mass is 9.83. The van der Waals surface area contributed by atoms with Crippen LogP contribution in [0.25, 0.3) is 10.4 Å². The predicted molar refractivity (Wildman–Crippen MR) is 72.9 cm³/mol. The molecule has 1 amide bonds. The molecule has 7 N–H and O–H groups in total. The molecular weight excluding hydrogens is 332 g/mol. The van der Waals surface area contributed by atoms with Gasteiger partial charge in [-0.05, 0) is 5.53 Å². The number of nitrogens with one attached hydrogen (secondary N) is 1. The van der Waals surface area contributed by atoms with Crippen molar-refractivity contribution in [1.82, 2.24) is 5.32 Å². The summed E-state index contributed by atoms with van der Waals surface area (Å²) in [6.07, 6.45) is -9.16. The number of hydrogen-bond donors (Lipinski definition) is 7. The van der Waals surface area contributed by atoms with Crippen LogP contribution in [0.4, 0.5) is 0 Å². The largest absolute Gasteiger partial charge is 0.477 e. The van der Waals surface area contributed by atoms with Gasteiger partial charge in [-0.25, -0.2) is 4.79 Å². The zero-order chi connectivity index (χ0) is 18.7. The van der Waals surface area contributed by atoms with Crippen LogP contribution in [0.2, 0.25) is 0 Å². The number of amides is 1. The highest BCUT2D eigenvalue weighted by molar-refractivity contribution is 5.76. The Kier molecular flexibility index (Phi) is 6.08. The Bertz CT molecular complexity index is 554. The summed E-state index contributed by atoms with van der Waals surface area (Å²) in [7, 11) is 0. The van der Waals surface area contributed by atoms with Gasteiger partial charge in [-0.15, -0.1) is 0 Å². The molecule has 1 fully saturated rings. The molecule has 0 saturated carbocycles. The minimum Gasteiger partial charge on any atom is -0.477 e. The predicted octanol–water partition coefficient (Wildman–Crippen LogP) is -3.23. The first-order chi connectivity index (χ1) is 11.0. The Morgan fingerprint density at radius 2 is 2.08 bits per heavy atom. The number of aliphatic hydroxyl groups is 5. The molecule has 6 atom stereocenters. The third-order valence-corrected chi connectivity index (χ3v) is 3.55. The van der Waals surface area contributed by atoms with Crippen molar-refractivity contribution < 1.29 is 45.0 Å². The first-order valence-electron chi connectivity index (χ1n) is 6.67. The van der Waals surface area contributed by atoms with Crippen LogP contribution in [0.3, 0.4) is 0 Å². The van der Waals surface area contributed by atoms with Crippen molar-refractivity contribution in [3.05, 3.63) is 10.4 Å². The number of aliphatic carboxylic acids is 1. The molecule has 13 nitrogen and oxygen atoms in total. The van der Waals surface area contributed by atoms with Gasteiger partial charge in [0.15, 0.2) is 5.66 Å². The van der Waals surface area contributed by atoms with Crippen LogP contribution >= 0.6 is 0 Å². The smallest absolute Gasteiger partial charge is 0.364 e. The van der Waals surface area contributed by atoms with Gasteiger partial charge in [-0.3, -0.25) is 4.79 Å². The van der Waals surface area contributed by atoms with E-state index in [0.29, 0.717) is 0 Å². The van der Waals surface area contributed by atoms with Gasteiger partial charge < -0.3 is 40.7 Å². The number of carboxylic acid groups (broad SMARTS) is 1. The minimum atomic E-state index is -2.99. The number of carbonyl (C=O) groups excluding carboxylic acids is 1. The highest BCUT2D eigenvalue weighted by atomic mass is 16.7. The van der Waals surface area contributed by atoms with Gasteiger partial charge >= 0.3 is 5.97 Å². The quantitative estimate of drug-likeness (QED) is 0.145. The average molecular weight is 350 g/mol. The Morgan fingerprint density at radius 1 is 1.50 bits per heavy atom. The fraction of sp³-hybridized carbons (Fsp3) is 0.818. The van der Waals surface area contributed by atoms with Crippen LogP contribution in [-0.4, -0.2) is 85.0 Å². The van der Waals surface area contributed by atoms with Crippen molar-refractivity contribution >= 4 is 11.9 Å². The summed E-state index contributed by atoms with van der Waals surface area (Å²) >= 11 is 0. The van der Waals surface area contributed by atoms with Gasteiger partial charge in [-0.2, -0.15) is 0 Å². The zero-order valence-electron chi connectivity index (χ0n) is 12.5. The Hall–Kier alpha value is -1.99. The summed E-state index contributed by atoms with van der Waals surface area (Å²) in [6.45, 7) is -0.0275. The van der Waals surface area contributed by atoms with Crippen LogP contribution in [0.5, 0.6) is 0 Å². The van der Waals surface area contributed by atoms with E-state index in [1.165, 1.54) is 0 Å². The summed E-state index contributed by atoms with van der Waals surface area (Å²) < 4.78 is 4.86. The zero-order valence-corrected chi connectivity index (χ0v) is 12.5. The Morgan fingerprint density at radius 3 is 2.50 bits per heavy atom. The van der Waals surface area contributed by atoms with Crippen LogP contribution in [-0.2, 0) is 14.3 Å². The summed E-state index contributed by atoms with van der Waals surface area (Å²) in [6, 6.07) is 0. The van der Waals surface area contributed by atoms with Crippen molar-refractivity contribution in [1.29, 1.82) is 0 Å². The van der Waals surface area contributed by atoms with Gasteiger partial charge in [0.05, 0.1) is 12.7 Å². The fourth-order valence-corrected chi connectivity index (χ4v) is 2.39. The third kappa shape index (κ3) is 3.57. The van der Waals surface area contributed by atoms with Gasteiger partial charge in [0.2, 0.25) is 5.91 Å². The minimum absolute atomic E-state index is 0.846. The van der Waals surface area contributed by atoms with E-state index in [9.17, 15) is 30.0 Å². The molecule has 136 valence electrons. The number of ether oxygens (including phenoxy) is 1. The van der Waals surface area contributed by atoms with Crippen LogP contribution in [0, 0.1) is 0 Å². The lowest BCUT2D eigenvalue weighted by molar-refractivity contribution is -0.310. The molecule has 0 spiro atoms. The standard InChI is InChI=1S/C11H18N4O9/c1-4(17)13-11(14-15-12)6(19)2-10(23,9(21)22)24-8(11)7(20)5(18)3-16/h5-8,16,18-20,23H,2-3H2,1H3,(H,13,17)(H,21,22)/t5-,6+,7-,8+,10+,11+/m1/s1. The highest BCUT2D eigenvalue weighted by Crippen LogP contribution is 2.38. The summed E-state index contributed by atoms with van der Waals surface area (Å²) in [5.74, 6) is -5.76. The van der Waals surface area contributed by atoms with Crippen molar-refractivity contribution in [2.24, 2.45) is 5.11 Å². The fourth-order valence-electron chi connectivity index (χ4n) is 2.39. The van der Waals surface area contributed by atoms with Gasteiger partial charge in [-0.1, -0.05) is 5.11 Å². The van der Waals surface area contributed by atoms with E-state index in [-0.39, 0.29) is 0 Å². The van der Waals surface area contributed by atoms with E-state index in [4.69, 9.17) is 20.5 Å². The van der Waals surface area contributed by atoms with Crippen molar-refractivity contribution in [2.45, 2.75) is 49.2 Å². The molecule has 0 unspecified atom stereocenters. The summed E-state index contributed by atoms with van der Waals surface area (Å²) in [5.41, 5.74) is 6.28. The first kappa shape index (κ1) is 20.1. The molecule has 0 bridgehead atoms. The Balaban J connectivity index is 3.48. The topological polar surface area (TPSA) is 226 Å². The van der Waals surface area contributed by atoms with Crippen LogP contribution in [0.15, 0.2) is 5.11 Å². The van der Waals surface area contributed by atoms with Gasteiger partial charge in [0.1, 0.15) is 18.3 Å². The molecule has 24 heavy (non-hydrogen) atoms. The summed E-state index contributed by atoms with van der Waals surface area (Å²) in [5, 5.41) is 63.0. The van der Waals surface area contributed by atoms with E-state index in [1.807, 2.05) is 5.32 Å². The number of carbonyl (C=O) groups is 2. The van der Waals surface area contributed by atoms with E-state index >= 15 is 0 Å². The number of hydrogen-bond acceptors (Lipinski definition) is 9. The summed E-state index contributed by atoms with van der Waals surface area (Å²) in [4.78, 5) is 25.0. The molecule has 1 rings (SSSR count). The third-order valence-electron chi connectivity index (χ3n) is 3.55. The molecule has 0 radical (unpaired) electrons. The number of azide groups is 1. The highest BCUT2D eigenvalue weighted by Gasteiger charge is 2.61. The second kappa shape index (κ2) is 7.27. The second-order valence-electron chi connectivity index (χ2n) is 5.28. The van der Waals surface area contributed by atoms with Crippen molar-refractivity contribution in [3.63, 3.8) is 0 Å². The second-order valence-corrected chi connectivity index (χ2v) is 5.28. The number of rotatable bonds is 6. The molecule has 0 aromatic carbocycles. The van der Waals surface area contributed by atoms with Crippen molar-refractivity contribution in [3.8, 4) is 0 Å². The molecule has 13 heteroatoms. The van der Waals surface area contributed by atoms with E-state index in [1.54, 1.807) is 0 Å². The molecule has 0 aromatic rings. The first-order valence-corrected chi connectivity index (χ1v) is 6.67. The number of nitrogens with zero attached hydrogens (tertiary/aromatic N) is 3. The Labute approximate surface area is 134 Å².